The van der Waals surface area contributed by atoms with Crippen LogP contribution in [0.2, 0.25) is 5.02 Å². The summed E-state index contributed by atoms with van der Waals surface area (Å²) in [6.07, 6.45) is 3.66. The number of rotatable bonds is 8. The summed E-state index contributed by atoms with van der Waals surface area (Å²) >= 11 is 7.12. The first-order chi connectivity index (χ1) is 19.3. The number of benzene rings is 1. The molecule has 1 atom stereocenters. The van der Waals surface area contributed by atoms with Gasteiger partial charge in [0.15, 0.2) is 16.3 Å². The third-order valence-electron chi connectivity index (χ3n) is 7.56. The zero-order valence-electron chi connectivity index (χ0n) is 21.6. The van der Waals surface area contributed by atoms with E-state index < -0.39 is 5.97 Å². The highest BCUT2D eigenvalue weighted by Crippen LogP contribution is 2.27. The highest BCUT2D eigenvalue weighted by Gasteiger charge is 2.28. The summed E-state index contributed by atoms with van der Waals surface area (Å²) in [6.45, 7) is 2.53. The minimum absolute atomic E-state index is 0.00908. The molecule has 0 aliphatic carbocycles. The number of nitrogens with zero attached hydrogens (tertiary/aromatic N) is 5. The summed E-state index contributed by atoms with van der Waals surface area (Å²) in [6, 6.07) is 7.74. The summed E-state index contributed by atoms with van der Waals surface area (Å²) in [5, 5.41) is 12.0. The molecule has 5 heterocycles. The van der Waals surface area contributed by atoms with Crippen molar-refractivity contribution >= 4 is 46.0 Å². The van der Waals surface area contributed by atoms with Crippen LogP contribution in [0.3, 0.4) is 0 Å². The number of aromatic carboxylic acids is 1. The summed E-state index contributed by atoms with van der Waals surface area (Å²) in [5.74, 6) is -0.379. The van der Waals surface area contributed by atoms with E-state index in [2.05, 4.69) is 9.97 Å². The van der Waals surface area contributed by atoms with Crippen LogP contribution in [0.1, 0.15) is 56.6 Å². The maximum Gasteiger partial charge on any atom is 0.354 e. The third kappa shape index (κ3) is 5.59. The lowest BCUT2D eigenvalue weighted by Crippen LogP contribution is -2.39. The molecule has 9 nitrogen and oxygen atoms in total. The lowest BCUT2D eigenvalue weighted by Gasteiger charge is -2.32. The first kappa shape index (κ1) is 26.8. The molecule has 1 N–H and O–H groups in total. The minimum Gasteiger partial charge on any atom is -0.477 e. The number of halogens is 2. The Labute approximate surface area is 238 Å². The van der Waals surface area contributed by atoms with Gasteiger partial charge in [0.2, 0.25) is 0 Å². The van der Waals surface area contributed by atoms with Crippen molar-refractivity contribution in [1.82, 2.24) is 24.4 Å². The number of piperidine rings is 1. The number of pyridine rings is 1. The molecule has 208 valence electrons. The Hall–Kier alpha value is -3.41. The molecule has 2 fully saturated rings. The third-order valence-corrected chi connectivity index (χ3v) is 8.68. The molecule has 0 unspecified atom stereocenters. The van der Waals surface area contributed by atoms with E-state index in [1.807, 2.05) is 9.47 Å². The minimum atomic E-state index is -1.07. The second kappa shape index (κ2) is 11.2. The van der Waals surface area contributed by atoms with E-state index in [1.165, 1.54) is 23.5 Å². The molecule has 0 saturated carbocycles. The largest absolute Gasteiger partial charge is 0.477 e. The first-order valence-corrected chi connectivity index (χ1v) is 14.5. The van der Waals surface area contributed by atoms with E-state index in [9.17, 15) is 19.1 Å². The quantitative estimate of drug-likeness (QED) is 0.316. The number of carbonyl (C=O) groups excluding carboxylic acids is 1. The van der Waals surface area contributed by atoms with Crippen LogP contribution >= 0.6 is 22.9 Å². The van der Waals surface area contributed by atoms with Gasteiger partial charge in [-0.3, -0.25) is 4.79 Å². The van der Waals surface area contributed by atoms with Gasteiger partial charge in [0.25, 0.3) is 5.91 Å². The van der Waals surface area contributed by atoms with E-state index in [0.717, 1.165) is 31.7 Å². The number of thiazole rings is 1. The number of fused-ring (bicyclic) bond motifs is 1. The molecule has 2 saturated heterocycles. The number of likely N-dealkylation sites (tertiary alicyclic amines) is 1. The fourth-order valence-electron chi connectivity index (χ4n) is 5.23. The smallest absolute Gasteiger partial charge is 0.354 e. The van der Waals surface area contributed by atoms with Gasteiger partial charge in [0, 0.05) is 42.9 Å². The van der Waals surface area contributed by atoms with Gasteiger partial charge in [-0.2, -0.15) is 0 Å². The average molecular weight is 584 g/mol. The number of aromatic nitrogens is 4. The molecule has 6 rings (SSSR count). The Kier molecular flexibility index (Phi) is 7.52. The van der Waals surface area contributed by atoms with Crippen LogP contribution in [0.15, 0.2) is 35.7 Å². The van der Waals surface area contributed by atoms with Crippen molar-refractivity contribution in [2.45, 2.75) is 44.8 Å². The van der Waals surface area contributed by atoms with Gasteiger partial charge in [-0.15, -0.1) is 11.3 Å². The van der Waals surface area contributed by atoms with Gasteiger partial charge in [0.1, 0.15) is 17.2 Å². The van der Waals surface area contributed by atoms with E-state index in [1.54, 1.807) is 23.6 Å². The van der Waals surface area contributed by atoms with Crippen LogP contribution in [0.4, 0.5) is 4.39 Å². The maximum atomic E-state index is 14.2. The first-order valence-electron chi connectivity index (χ1n) is 13.2. The highest BCUT2D eigenvalue weighted by atomic mass is 35.5. The number of carboxylic acids is 1. The summed E-state index contributed by atoms with van der Waals surface area (Å²) < 4.78 is 21.8. The number of carbonyl (C=O) groups is 2. The van der Waals surface area contributed by atoms with E-state index >= 15 is 0 Å². The van der Waals surface area contributed by atoms with Crippen LogP contribution < -0.4 is 0 Å². The summed E-state index contributed by atoms with van der Waals surface area (Å²) in [5.41, 5.74) is 2.36. The van der Waals surface area contributed by atoms with Gasteiger partial charge < -0.3 is 19.3 Å². The monoisotopic (exact) mass is 583 g/mol. The second-order valence-corrected chi connectivity index (χ2v) is 11.6. The number of hydrogen-bond acceptors (Lipinski definition) is 7. The highest BCUT2D eigenvalue weighted by molar-refractivity contribution is 7.11. The lowest BCUT2D eigenvalue weighted by atomic mass is 9.93. The average Bonchev–Trinajstić information content (AvgIpc) is 3.52. The Balaban J connectivity index is 1.10. The molecule has 12 heteroatoms. The molecule has 1 aromatic carbocycles. The van der Waals surface area contributed by atoms with Gasteiger partial charge in [0.05, 0.1) is 18.3 Å². The molecule has 40 heavy (non-hydrogen) atoms. The van der Waals surface area contributed by atoms with Crippen molar-refractivity contribution in [3.8, 4) is 0 Å². The van der Waals surface area contributed by atoms with Crippen molar-refractivity contribution in [3.05, 3.63) is 74.3 Å². The predicted octanol–water partition coefficient (Wildman–Crippen LogP) is 4.85. The predicted molar refractivity (Wildman–Crippen MR) is 148 cm³/mol. The number of hydrogen-bond donors (Lipinski definition) is 1. The summed E-state index contributed by atoms with van der Waals surface area (Å²) in [4.78, 5) is 40.1. The Morgan fingerprint density at radius 2 is 1.93 bits per heavy atom. The van der Waals surface area contributed by atoms with Gasteiger partial charge in [-0.1, -0.05) is 17.7 Å². The molecule has 4 aromatic rings. The van der Waals surface area contributed by atoms with Crippen LogP contribution in [0.5, 0.6) is 0 Å². The zero-order valence-corrected chi connectivity index (χ0v) is 23.1. The van der Waals surface area contributed by atoms with E-state index in [4.69, 9.17) is 21.3 Å². The Bertz CT molecular complexity index is 1580. The lowest BCUT2D eigenvalue weighted by molar-refractivity contribution is -0.0591. The van der Waals surface area contributed by atoms with Crippen molar-refractivity contribution in [2.75, 3.05) is 19.7 Å². The van der Waals surface area contributed by atoms with Crippen molar-refractivity contribution in [3.63, 3.8) is 0 Å². The standard InChI is InChI=1S/C28H27ClFN5O4S/c29-18-2-1-17(21(30)13-18)12-19-15-40-26(31-19)27(36)34-8-5-16(6-9-34)11-24-32-22-3-4-23(28(37)38)33-25(22)35(24)14-20-7-10-39-20/h1-4,13,15-16,20H,5-12,14H2,(H,37,38)/t20-/m0/s1. The SMILES string of the molecule is O=C(O)c1ccc2nc(CC3CCN(C(=O)c4nc(Cc5ccc(Cl)cc5F)cs4)CC3)n(C[C@@H]3CCO3)c2n1. The molecule has 3 aromatic heterocycles. The Morgan fingerprint density at radius 3 is 2.62 bits per heavy atom. The van der Waals surface area contributed by atoms with Crippen molar-refractivity contribution < 1.29 is 23.8 Å². The topological polar surface area (TPSA) is 110 Å². The van der Waals surface area contributed by atoms with Gasteiger partial charge in [-0.05, 0) is 55.0 Å². The number of carboxylic acid groups (broad SMARTS) is 1. The number of imidazole rings is 1. The maximum absolute atomic E-state index is 14.2. The van der Waals surface area contributed by atoms with E-state index in [-0.39, 0.29) is 23.5 Å². The number of amides is 1. The second-order valence-electron chi connectivity index (χ2n) is 10.3. The number of ether oxygens (including phenoxy) is 1. The van der Waals surface area contributed by atoms with Gasteiger partial charge >= 0.3 is 5.97 Å². The van der Waals surface area contributed by atoms with Crippen LogP contribution in [-0.4, -0.2) is 67.2 Å². The summed E-state index contributed by atoms with van der Waals surface area (Å²) in [7, 11) is 0. The Morgan fingerprint density at radius 1 is 1.12 bits per heavy atom. The molecule has 1 amide bonds. The molecule has 2 aliphatic heterocycles. The van der Waals surface area contributed by atoms with Crippen LogP contribution in [0.25, 0.3) is 11.2 Å². The molecule has 2 aliphatic rings. The van der Waals surface area contributed by atoms with Crippen molar-refractivity contribution in [1.29, 1.82) is 0 Å². The molecular formula is C28H27ClFN5O4S. The zero-order chi connectivity index (χ0) is 27.8. The molecule has 0 spiro atoms. The normalized spacial score (nSPS) is 17.8. The fraction of sp³-hybridized carbons (Fsp3) is 0.393. The van der Waals surface area contributed by atoms with E-state index in [0.29, 0.717) is 70.8 Å². The van der Waals surface area contributed by atoms with Crippen LogP contribution in [-0.2, 0) is 24.1 Å². The van der Waals surface area contributed by atoms with Crippen LogP contribution in [0, 0.1) is 11.7 Å². The molecule has 0 radical (unpaired) electrons. The molecular weight excluding hydrogens is 557 g/mol. The molecule has 0 bridgehead atoms. The fourth-order valence-corrected chi connectivity index (χ4v) is 6.17. The van der Waals surface area contributed by atoms with Gasteiger partial charge in [-0.25, -0.2) is 24.1 Å². The van der Waals surface area contributed by atoms with Crippen molar-refractivity contribution in [2.24, 2.45) is 5.92 Å².